The van der Waals surface area contributed by atoms with Crippen LogP contribution in [0.3, 0.4) is 0 Å². The number of piperidine rings is 1. The second-order valence-corrected chi connectivity index (χ2v) is 8.20. The van der Waals surface area contributed by atoms with Gasteiger partial charge in [0.05, 0.1) is 12.6 Å². The van der Waals surface area contributed by atoms with Crippen molar-refractivity contribution in [1.82, 2.24) is 23.6 Å². The number of rotatable bonds is 4. The number of carbonyl (C=O) groups excluding carboxylic acids is 1. The summed E-state index contributed by atoms with van der Waals surface area (Å²) in [5.74, 6) is 1.79. The third-order valence-electron chi connectivity index (χ3n) is 5.65. The zero-order valence-electron chi connectivity index (χ0n) is 17.0. The van der Waals surface area contributed by atoms with Gasteiger partial charge < -0.3 is 4.57 Å². The van der Waals surface area contributed by atoms with Crippen LogP contribution in [0.2, 0.25) is 0 Å². The molecule has 0 spiro atoms. The molecule has 8 nitrogen and oxygen atoms in total. The van der Waals surface area contributed by atoms with Crippen LogP contribution in [0.25, 0.3) is 11.2 Å². The van der Waals surface area contributed by atoms with Gasteiger partial charge in [-0.2, -0.15) is 0 Å². The summed E-state index contributed by atoms with van der Waals surface area (Å²) in [4.78, 5) is 44.2. The van der Waals surface area contributed by atoms with Gasteiger partial charge in [-0.1, -0.05) is 13.8 Å². The van der Waals surface area contributed by atoms with Crippen molar-refractivity contribution in [3.05, 3.63) is 26.7 Å². The normalized spacial score (nSPS) is 22.3. The lowest BCUT2D eigenvalue weighted by molar-refractivity contribution is -0.119. The molecule has 1 fully saturated rings. The molecule has 0 aromatic carbocycles. The van der Waals surface area contributed by atoms with Gasteiger partial charge in [0, 0.05) is 27.2 Å². The predicted octanol–water partition coefficient (Wildman–Crippen LogP) is 1.06. The number of Topliss-reactive ketones (excluding diaryl/α,β-unsaturated/α-hetero) is 1. The second-order valence-electron chi connectivity index (χ2n) is 8.20. The molecule has 2 aromatic heterocycles. The SMILES string of the molecule is CC(=O)[C@H](C)n1c(CN2C[C@H](C)C[C@@H](C)C2)nc2c1c(=O)n(C)c(=O)n2C. The van der Waals surface area contributed by atoms with Crippen LogP contribution in [0, 0.1) is 11.8 Å². The van der Waals surface area contributed by atoms with Crippen LogP contribution in [0.4, 0.5) is 0 Å². The minimum absolute atomic E-state index is 0.0492. The van der Waals surface area contributed by atoms with E-state index in [0.29, 0.717) is 35.4 Å². The van der Waals surface area contributed by atoms with Gasteiger partial charge in [0.2, 0.25) is 0 Å². The Kier molecular flexibility index (Phi) is 5.12. The standard InChI is InChI=1S/C19H29N5O3/c1-11-7-12(2)9-23(8-11)10-15-20-17-16(24(15)13(3)14(4)25)18(26)22(6)19(27)21(17)5/h11-13H,7-10H2,1-6H3/t11-,12-,13+/m1/s1. The fraction of sp³-hybridized carbons (Fsp3) is 0.684. The summed E-state index contributed by atoms with van der Waals surface area (Å²) in [6.07, 6.45) is 1.20. The summed E-state index contributed by atoms with van der Waals surface area (Å²) in [5, 5.41) is 0. The largest absolute Gasteiger partial charge is 0.332 e. The van der Waals surface area contributed by atoms with E-state index < -0.39 is 17.3 Å². The van der Waals surface area contributed by atoms with Gasteiger partial charge in [-0.05, 0) is 32.1 Å². The number of likely N-dealkylation sites (tertiary alicyclic amines) is 1. The summed E-state index contributed by atoms with van der Waals surface area (Å²) in [7, 11) is 3.06. The van der Waals surface area contributed by atoms with Gasteiger partial charge in [0.15, 0.2) is 16.9 Å². The average Bonchev–Trinajstić information content (AvgIpc) is 2.95. The minimum atomic E-state index is -0.519. The number of imidazole rings is 1. The van der Waals surface area contributed by atoms with E-state index >= 15 is 0 Å². The van der Waals surface area contributed by atoms with Gasteiger partial charge in [-0.15, -0.1) is 0 Å². The molecule has 1 aliphatic rings. The number of nitrogens with zero attached hydrogens (tertiary/aromatic N) is 5. The Bertz CT molecular complexity index is 989. The van der Waals surface area contributed by atoms with E-state index in [1.807, 2.05) is 0 Å². The van der Waals surface area contributed by atoms with Crippen LogP contribution in [-0.2, 0) is 25.4 Å². The summed E-state index contributed by atoms with van der Waals surface area (Å²) < 4.78 is 4.18. The van der Waals surface area contributed by atoms with E-state index in [1.54, 1.807) is 18.5 Å². The number of aryl methyl sites for hydroxylation is 1. The first kappa shape index (κ1) is 19.5. The first-order valence-electron chi connectivity index (χ1n) is 9.51. The van der Waals surface area contributed by atoms with E-state index in [9.17, 15) is 14.4 Å². The summed E-state index contributed by atoms with van der Waals surface area (Å²) in [6.45, 7) is 10.2. The van der Waals surface area contributed by atoms with Crippen molar-refractivity contribution >= 4 is 16.9 Å². The molecular formula is C19H29N5O3. The Morgan fingerprint density at radius 1 is 1.15 bits per heavy atom. The van der Waals surface area contributed by atoms with Crippen molar-refractivity contribution in [3.8, 4) is 0 Å². The molecule has 0 aliphatic carbocycles. The monoisotopic (exact) mass is 375 g/mol. The molecule has 3 atom stereocenters. The number of aromatic nitrogens is 4. The van der Waals surface area contributed by atoms with E-state index in [2.05, 4.69) is 23.7 Å². The van der Waals surface area contributed by atoms with Gasteiger partial charge in [0.1, 0.15) is 5.82 Å². The van der Waals surface area contributed by atoms with Gasteiger partial charge in [-0.3, -0.25) is 23.6 Å². The Hall–Kier alpha value is -2.22. The quantitative estimate of drug-likeness (QED) is 0.798. The molecule has 0 unspecified atom stereocenters. The molecule has 3 heterocycles. The molecule has 0 N–H and O–H groups in total. The molecular weight excluding hydrogens is 346 g/mol. The maximum Gasteiger partial charge on any atom is 0.332 e. The molecule has 27 heavy (non-hydrogen) atoms. The van der Waals surface area contributed by atoms with Crippen LogP contribution in [0.5, 0.6) is 0 Å². The average molecular weight is 375 g/mol. The highest BCUT2D eigenvalue weighted by molar-refractivity contribution is 5.82. The minimum Gasteiger partial charge on any atom is -0.311 e. The molecule has 0 amide bonds. The fourth-order valence-corrected chi connectivity index (χ4v) is 4.29. The van der Waals surface area contributed by atoms with Crippen molar-refractivity contribution in [2.75, 3.05) is 13.1 Å². The molecule has 148 valence electrons. The summed E-state index contributed by atoms with van der Waals surface area (Å²) >= 11 is 0. The molecule has 0 radical (unpaired) electrons. The first-order chi connectivity index (χ1) is 12.6. The number of carbonyl (C=O) groups is 1. The fourth-order valence-electron chi connectivity index (χ4n) is 4.29. The Morgan fingerprint density at radius 3 is 2.30 bits per heavy atom. The zero-order valence-corrected chi connectivity index (χ0v) is 17.0. The van der Waals surface area contributed by atoms with Crippen molar-refractivity contribution < 1.29 is 4.79 Å². The molecule has 0 bridgehead atoms. The Balaban J connectivity index is 2.20. The molecule has 8 heteroatoms. The van der Waals surface area contributed by atoms with E-state index in [4.69, 9.17) is 0 Å². The zero-order chi connectivity index (χ0) is 20.0. The van der Waals surface area contributed by atoms with Crippen LogP contribution in [0.15, 0.2) is 9.59 Å². The maximum absolute atomic E-state index is 12.8. The second kappa shape index (κ2) is 7.07. The molecule has 0 saturated carbocycles. The predicted molar refractivity (Wildman–Crippen MR) is 104 cm³/mol. The van der Waals surface area contributed by atoms with E-state index in [-0.39, 0.29) is 5.78 Å². The number of hydrogen-bond donors (Lipinski definition) is 0. The lowest BCUT2D eigenvalue weighted by Gasteiger charge is -2.34. The van der Waals surface area contributed by atoms with Gasteiger partial charge in [-0.25, -0.2) is 9.78 Å². The van der Waals surface area contributed by atoms with Gasteiger partial charge in [0.25, 0.3) is 5.56 Å². The third kappa shape index (κ3) is 3.38. The number of ketones is 1. The summed E-state index contributed by atoms with van der Waals surface area (Å²) in [6, 6.07) is -0.519. The van der Waals surface area contributed by atoms with Crippen molar-refractivity contribution in [3.63, 3.8) is 0 Å². The molecule has 2 aromatic rings. The smallest absolute Gasteiger partial charge is 0.311 e. The van der Waals surface area contributed by atoms with Gasteiger partial charge >= 0.3 is 5.69 Å². The van der Waals surface area contributed by atoms with E-state index in [0.717, 1.165) is 17.7 Å². The van der Waals surface area contributed by atoms with Crippen molar-refractivity contribution in [2.24, 2.45) is 25.9 Å². The lowest BCUT2D eigenvalue weighted by atomic mass is 9.92. The Morgan fingerprint density at radius 2 is 1.74 bits per heavy atom. The topological polar surface area (TPSA) is 82.1 Å². The highest BCUT2D eigenvalue weighted by atomic mass is 16.2. The lowest BCUT2D eigenvalue weighted by Crippen LogP contribution is -2.39. The van der Waals surface area contributed by atoms with Crippen LogP contribution < -0.4 is 11.2 Å². The molecule has 1 aliphatic heterocycles. The van der Waals surface area contributed by atoms with Crippen molar-refractivity contribution in [2.45, 2.75) is 46.7 Å². The van der Waals surface area contributed by atoms with Crippen LogP contribution in [0.1, 0.15) is 46.0 Å². The van der Waals surface area contributed by atoms with E-state index in [1.165, 1.54) is 25.0 Å². The highest BCUT2D eigenvalue weighted by Crippen LogP contribution is 2.25. The Labute approximate surface area is 158 Å². The first-order valence-corrected chi connectivity index (χ1v) is 9.51. The van der Waals surface area contributed by atoms with Crippen LogP contribution in [-0.4, -0.2) is 42.5 Å². The summed E-state index contributed by atoms with van der Waals surface area (Å²) in [5.41, 5.74) is -0.181. The molecule has 3 rings (SSSR count). The third-order valence-corrected chi connectivity index (χ3v) is 5.65. The van der Waals surface area contributed by atoms with Crippen molar-refractivity contribution in [1.29, 1.82) is 0 Å². The maximum atomic E-state index is 12.8. The molecule has 1 saturated heterocycles. The number of fused-ring (bicyclic) bond motifs is 1. The highest BCUT2D eigenvalue weighted by Gasteiger charge is 2.27. The number of hydrogen-bond acceptors (Lipinski definition) is 5. The van der Waals surface area contributed by atoms with Crippen LogP contribution >= 0.6 is 0 Å².